The predicted molar refractivity (Wildman–Crippen MR) is 69.8 cm³/mol. The highest BCUT2D eigenvalue weighted by atomic mass is 16.7. The quantitative estimate of drug-likeness (QED) is 0.768. The van der Waals surface area contributed by atoms with E-state index >= 15 is 0 Å². The third-order valence-corrected chi connectivity index (χ3v) is 2.26. The summed E-state index contributed by atoms with van der Waals surface area (Å²) >= 11 is 0. The summed E-state index contributed by atoms with van der Waals surface area (Å²) in [5, 5.41) is 2.62. The second-order valence-electron chi connectivity index (χ2n) is 5.06. The van der Waals surface area contributed by atoms with Crippen LogP contribution >= 0.6 is 0 Å². The molecule has 100 valence electrons. The van der Waals surface area contributed by atoms with E-state index in [1.807, 2.05) is 32.9 Å². The summed E-state index contributed by atoms with van der Waals surface area (Å²) < 4.78 is 0. The Labute approximate surface area is 108 Å². The van der Waals surface area contributed by atoms with Gasteiger partial charge < -0.3 is 5.32 Å². The van der Waals surface area contributed by atoms with Gasteiger partial charge in [0.25, 0.3) is 0 Å². The van der Waals surface area contributed by atoms with Crippen LogP contribution in [0.15, 0.2) is 24.5 Å². The number of likely N-dealkylation sites (N-methyl/N-ethyl adjacent to an activating group) is 1. The van der Waals surface area contributed by atoms with Crippen LogP contribution in [0.3, 0.4) is 0 Å². The van der Waals surface area contributed by atoms with Crippen LogP contribution in [-0.2, 0) is 16.1 Å². The molecule has 5 nitrogen and oxygen atoms in total. The molecule has 1 rings (SSSR count). The van der Waals surface area contributed by atoms with E-state index in [0.717, 1.165) is 5.56 Å². The third-order valence-electron chi connectivity index (χ3n) is 2.26. The number of carbonyl (C=O) groups excluding carboxylic acids is 1. The summed E-state index contributed by atoms with van der Waals surface area (Å²) in [6.07, 6.45) is 3.97. The van der Waals surface area contributed by atoms with Gasteiger partial charge in [-0.15, -0.1) is 0 Å². The molecule has 0 aliphatic heterocycles. The first-order valence-electron chi connectivity index (χ1n) is 5.96. The first-order chi connectivity index (χ1) is 8.42. The second-order valence-corrected chi connectivity index (χ2v) is 5.06. The van der Waals surface area contributed by atoms with Crippen LogP contribution in [-0.4, -0.2) is 29.6 Å². The molecule has 5 heteroatoms. The molecule has 0 bridgehead atoms. The van der Waals surface area contributed by atoms with Gasteiger partial charge in [0.05, 0.1) is 5.60 Å². The smallest absolute Gasteiger partial charge is 0.239 e. The zero-order valence-electron chi connectivity index (χ0n) is 11.4. The number of hydroxylamine groups is 1. The lowest BCUT2D eigenvalue weighted by molar-refractivity contribution is -0.134. The minimum absolute atomic E-state index is 0.101. The third kappa shape index (κ3) is 5.25. The average molecular weight is 251 g/mol. The highest BCUT2D eigenvalue weighted by Crippen LogP contribution is 2.07. The van der Waals surface area contributed by atoms with Crippen LogP contribution in [0.4, 0.5) is 0 Å². The molecule has 1 aromatic heterocycles. The van der Waals surface area contributed by atoms with Crippen molar-refractivity contribution in [1.29, 1.82) is 0 Å². The summed E-state index contributed by atoms with van der Waals surface area (Å²) in [5.74, 6) is -0.101. The van der Waals surface area contributed by atoms with E-state index in [-0.39, 0.29) is 11.5 Å². The van der Waals surface area contributed by atoms with Crippen molar-refractivity contribution < 1.29 is 9.63 Å². The Kier molecular flexibility index (Phi) is 5.25. The van der Waals surface area contributed by atoms with E-state index in [1.54, 1.807) is 19.4 Å². The van der Waals surface area contributed by atoms with Gasteiger partial charge in [-0.2, -0.15) is 5.48 Å². The summed E-state index contributed by atoms with van der Waals surface area (Å²) in [5.41, 5.74) is 3.51. The van der Waals surface area contributed by atoms with E-state index in [0.29, 0.717) is 6.42 Å². The molecule has 0 fully saturated rings. The molecule has 1 aromatic rings. The normalized spacial score (nSPS) is 13.1. The highest BCUT2D eigenvalue weighted by Gasteiger charge is 2.21. The summed E-state index contributed by atoms with van der Waals surface area (Å²) in [4.78, 5) is 21.2. The SMILES string of the molecule is CNC(=O)C(Cc1ccncc1)NOC(C)(C)C. The first-order valence-corrected chi connectivity index (χ1v) is 5.96. The zero-order chi connectivity index (χ0) is 13.6. The number of amides is 1. The molecule has 18 heavy (non-hydrogen) atoms. The average Bonchev–Trinajstić information content (AvgIpc) is 2.33. The van der Waals surface area contributed by atoms with Crippen LogP contribution < -0.4 is 10.8 Å². The maximum absolute atomic E-state index is 11.8. The molecule has 0 spiro atoms. The lowest BCUT2D eigenvalue weighted by Gasteiger charge is -2.24. The van der Waals surface area contributed by atoms with Crippen molar-refractivity contribution in [2.24, 2.45) is 0 Å². The largest absolute Gasteiger partial charge is 0.358 e. The van der Waals surface area contributed by atoms with Crippen molar-refractivity contribution in [1.82, 2.24) is 15.8 Å². The Morgan fingerprint density at radius 2 is 2.00 bits per heavy atom. The van der Waals surface area contributed by atoms with Gasteiger partial charge in [0, 0.05) is 19.4 Å². The van der Waals surface area contributed by atoms with Crippen LogP contribution in [0, 0.1) is 0 Å². The fourth-order valence-corrected chi connectivity index (χ4v) is 1.36. The Hall–Kier alpha value is -1.46. The molecular formula is C13H21N3O2. The molecule has 0 saturated carbocycles. The number of nitrogens with one attached hydrogen (secondary N) is 2. The Balaban J connectivity index is 2.65. The van der Waals surface area contributed by atoms with Gasteiger partial charge in [-0.3, -0.25) is 14.6 Å². The number of nitrogens with zero attached hydrogens (tertiary/aromatic N) is 1. The van der Waals surface area contributed by atoms with E-state index in [4.69, 9.17) is 4.84 Å². The lowest BCUT2D eigenvalue weighted by atomic mass is 10.1. The van der Waals surface area contributed by atoms with Gasteiger partial charge in [-0.1, -0.05) is 0 Å². The predicted octanol–water partition coefficient (Wildman–Crippen LogP) is 1.06. The Morgan fingerprint density at radius 1 is 1.39 bits per heavy atom. The van der Waals surface area contributed by atoms with E-state index < -0.39 is 6.04 Å². The molecule has 0 radical (unpaired) electrons. The molecular weight excluding hydrogens is 230 g/mol. The molecule has 0 aromatic carbocycles. The highest BCUT2D eigenvalue weighted by molar-refractivity contribution is 5.81. The number of rotatable bonds is 5. The first kappa shape index (κ1) is 14.6. The summed E-state index contributed by atoms with van der Waals surface area (Å²) in [6, 6.07) is 3.35. The molecule has 0 saturated heterocycles. The topological polar surface area (TPSA) is 63.2 Å². The molecule has 1 heterocycles. The maximum atomic E-state index is 11.8. The van der Waals surface area contributed by atoms with Gasteiger partial charge in [-0.25, -0.2) is 0 Å². The monoisotopic (exact) mass is 251 g/mol. The van der Waals surface area contributed by atoms with Crippen molar-refractivity contribution >= 4 is 5.91 Å². The van der Waals surface area contributed by atoms with E-state index in [9.17, 15) is 4.79 Å². The fraction of sp³-hybridized carbons (Fsp3) is 0.538. The van der Waals surface area contributed by atoms with Gasteiger partial charge in [-0.05, 0) is 44.9 Å². The number of pyridine rings is 1. The fourth-order valence-electron chi connectivity index (χ4n) is 1.36. The number of hydrogen-bond acceptors (Lipinski definition) is 4. The lowest BCUT2D eigenvalue weighted by Crippen LogP contribution is -2.47. The minimum Gasteiger partial charge on any atom is -0.358 e. The summed E-state index contributed by atoms with van der Waals surface area (Å²) in [6.45, 7) is 5.77. The molecule has 1 atom stereocenters. The number of carbonyl (C=O) groups is 1. The summed E-state index contributed by atoms with van der Waals surface area (Å²) in [7, 11) is 1.61. The van der Waals surface area contributed by atoms with Crippen molar-refractivity contribution in [3.63, 3.8) is 0 Å². The van der Waals surface area contributed by atoms with Gasteiger partial charge in [0.2, 0.25) is 5.91 Å². The Morgan fingerprint density at radius 3 is 2.50 bits per heavy atom. The van der Waals surface area contributed by atoms with Gasteiger partial charge in [0.1, 0.15) is 6.04 Å². The second kappa shape index (κ2) is 6.47. The molecule has 0 aliphatic carbocycles. The minimum atomic E-state index is -0.420. The zero-order valence-corrected chi connectivity index (χ0v) is 11.4. The van der Waals surface area contributed by atoms with Crippen molar-refractivity contribution in [3.8, 4) is 0 Å². The van der Waals surface area contributed by atoms with Gasteiger partial charge in [0.15, 0.2) is 0 Å². The van der Waals surface area contributed by atoms with Crippen molar-refractivity contribution in [2.45, 2.75) is 38.8 Å². The number of aromatic nitrogens is 1. The van der Waals surface area contributed by atoms with Crippen LogP contribution in [0.5, 0.6) is 0 Å². The molecule has 1 unspecified atom stereocenters. The molecule has 1 amide bonds. The molecule has 2 N–H and O–H groups in total. The number of hydrogen-bond donors (Lipinski definition) is 2. The van der Waals surface area contributed by atoms with Crippen molar-refractivity contribution in [2.75, 3.05) is 7.05 Å². The van der Waals surface area contributed by atoms with Crippen LogP contribution in [0.25, 0.3) is 0 Å². The van der Waals surface area contributed by atoms with Crippen molar-refractivity contribution in [3.05, 3.63) is 30.1 Å². The van der Waals surface area contributed by atoms with Gasteiger partial charge >= 0.3 is 0 Å². The Bertz CT molecular complexity index is 374. The van der Waals surface area contributed by atoms with E-state index in [1.165, 1.54) is 0 Å². The molecule has 0 aliphatic rings. The standard InChI is InChI=1S/C13H21N3O2/c1-13(2,3)18-16-11(12(17)14-4)9-10-5-7-15-8-6-10/h5-8,11,16H,9H2,1-4H3,(H,14,17). The van der Waals surface area contributed by atoms with Crippen LogP contribution in [0.1, 0.15) is 26.3 Å². The van der Waals surface area contributed by atoms with Crippen LogP contribution in [0.2, 0.25) is 0 Å². The maximum Gasteiger partial charge on any atom is 0.239 e. The van der Waals surface area contributed by atoms with E-state index in [2.05, 4.69) is 15.8 Å².